The molecule has 7 heteroatoms. The quantitative estimate of drug-likeness (QED) is 0.786. The number of amides is 1. The Labute approximate surface area is 149 Å². The van der Waals surface area contributed by atoms with Gasteiger partial charge in [0.25, 0.3) is 5.91 Å². The van der Waals surface area contributed by atoms with Crippen LogP contribution in [-0.2, 0) is 0 Å². The van der Waals surface area contributed by atoms with Crippen molar-refractivity contribution in [2.45, 2.75) is 6.92 Å². The number of ether oxygens (including phenoxy) is 1. The van der Waals surface area contributed by atoms with E-state index in [1.54, 1.807) is 18.2 Å². The lowest BCUT2D eigenvalue weighted by Crippen LogP contribution is -2.34. The first-order valence-electron chi connectivity index (χ1n) is 6.62. The fourth-order valence-corrected chi connectivity index (χ4v) is 2.46. The number of aryl methyl sites for hydroxylation is 1. The van der Waals surface area contributed by atoms with Crippen molar-refractivity contribution in [3.63, 3.8) is 0 Å². The highest BCUT2D eigenvalue weighted by Gasteiger charge is 2.11. The first-order chi connectivity index (χ1) is 10.9. The second-order valence-electron chi connectivity index (χ2n) is 4.72. The molecule has 2 aromatic carbocycles. The van der Waals surface area contributed by atoms with Gasteiger partial charge in [0.2, 0.25) is 0 Å². The van der Waals surface area contributed by atoms with E-state index in [0.29, 0.717) is 27.0 Å². The van der Waals surface area contributed by atoms with Crippen LogP contribution in [0.4, 0.5) is 5.69 Å². The number of thiocarbonyl (C=S) groups is 1. The van der Waals surface area contributed by atoms with Crippen molar-refractivity contribution in [2.24, 2.45) is 0 Å². The molecule has 23 heavy (non-hydrogen) atoms. The number of hydrogen-bond donors (Lipinski definition) is 2. The minimum atomic E-state index is -0.370. The van der Waals surface area contributed by atoms with Gasteiger partial charge in [-0.05, 0) is 55.0 Å². The van der Waals surface area contributed by atoms with Gasteiger partial charge in [0.1, 0.15) is 5.75 Å². The number of carbonyl (C=O) groups is 1. The van der Waals surface area contributed by atoms with E-state index in [-0.39, 0.29) is 11.0 Å². The summed E-state index contributed by atoms with van der Waals surface area (Å²) in [6.45, 7) is 1.90. The van der Waals surface area contributed by atoms with Crippen LogP contribution in [0.15, 0.2) is 36.4 Å². The molecular weight excluding hydrogens is 355 g/mol. The average molecular weight is 369 g/mol. The zero-order chi connectivity index (χ0) is 17.0. The van der Waals surface area contributed by atoms with Crippen molar-refractivity contribution in [3.05, 3.63) is 57.6 Å². The van der Waals surface area contributed by atoms with Crippen LogP contribution in [0.3, 0.4) is 0 Å². The number of nitrogens with one attached hydrogen (secondary N) is 2. The molecule has 2 rings (SSSR count). The topological polar surface area (TPSA) is 50.4 Å². The minimum Gasteiger partial charge on any atom is -0.495 e. The van der Waals surface area contributed by atoms with Gasteiger partial charge in [-0.25, -0.2) is 0 Å². The van der Waals surface area contributed by atoms with Crippen LogP contribution in [0.25, 0.3) is 0 Å². The highest BCUT2D eigenvalue weighted by Crippen LogP contribution is 2.25. The van der Waals surface area contributed by atoms with Gasteiger partial charge >= 0.3 is 0 Å². The maximum atomic E-state index is 12.2. The molecule has 0 aliphatic carbocycles. The fourth-order valence-electron chi connectivity index (χ4n) is 1.82. The van der Waals surface area contributed by atoms with Gasteiger partial charge in [0, 0.05) is 16.3 Å². The standard InChI is InChI=1S/C16H14Cl2N2O2S/c1-9-3-5-11(8-12(9)17)19-16(23)20-15(21)10-4-6-14(22-2)13(18)7-10/h3-8H,1-2H3,(H2,19,20,21,23). The third kappa shape index (κ3) is 4.58. The number of benzene rings is 2. The molecule has 0 saturated carbocycles. The molecule has 0 spiro atoms. The SMILES string of the molecule is COc1ccc(C(=O)NC(=S)Nc2ccc(C)c(Cl)c2)cc1Cl. The molecule has 0 atom stereocenters. The van der Waals surface area contributed by atoms with Gasteiger partial charge < -0.3 is 10.1 Å². The van der Waals surface area contributed by atoms with Crippen LogP contribution in [0.5, 0.6) is 5.75 Å². The fraction of sp³-hybridized carbons (Fsp3) is 0.125. The van der Waals surface area contributed by atoms with E-state index in [1.165, 1.54) is 13.2 Å². The van der Waals surface area contributed by atoms with E-state index >= 15 is 0 Å². The zero-order valence-corrected chi connectivity index (χ0v) is 14.8. The monoisotopic (exact) mass is 368 g/mol. The molecule has 2 aromatic rings. The summed E-state index contributed by atoms with van der Waals surface area (Å²) >= 11 is 17.2. The van der Waals surface area contributed by atoms with E-state index in [2.05, 4.69) is 10.6 Å². The Balaban J connectivity index is 2.03. The molecule has 0 aromatic heterocycles. The summed E-state index contributed by atoms with van der Waals surface area (Å²) in [4.78, 5) is 12.2. The number of carbonyl (C=O) groups excluding carboxylic acids is 1. The normalized spacial score (nSPS) is 10.1. The van der Waals surface area contributed by atoms with Crippen molar-refractivity contribution >= 4 is 52.1 Å². The predicted molar refractivity (Wildman–Crippen MR) is 97.9 cm³/mol. The molecular formula is C16H14Cl2N2O2S. The van der Waals surface area contributed by atoms with Crippen LogP contribution >= 0.6 is 35.4 Å². The molecule has 0 unspecified atom stereocenters. The van der Waals surface area contributed by atoms with E-state index in [0.717, 1.165) is 5.56 Å². The van der Waals surface area contributed by atoms with Crippen molar-refractivity contribution in [1.29, 1.82) is 0 Å². The third-order valence-corrected chi connectivity index (χ3v) is 3.98. The van der Waals surface area contributed by atoms with E-state index < -0.39 is 0 Å². The largest absolute Gasteiger partial charge is 0.495 e. The Morgan fingerprint density at radius 3 is 2.48 bits per heavy atom. The molecule has 2 N–H and O–H groups in total. The van der Waals surface area contributed by atoms with E-state index in [9.17, 15) is 4.79 Å². The molecule has 0 heterocycles. The second-order valence-corrected chi connectivity index (χ2v) is 5.94. The Morgan fingerprint density at radius 2 is 1.87 bits per heavy atom. The number of halogens is 2. The van der Waals surface area contributed by atoms with Crippen molar-refractivity contribution in [2.75, 3.05) is 12.4 Å². The minimum absolute atomic E-state index is 0.168. The predicted octanol–water partition coefficient (Wildman–Crippen LogP) is 4.44. The molecule has 0 aliphatic rings. The number of methoxy groups -OCH3 is 1. The van der Waals surface area contributed by atoms with Gasteiger partial charge in [-0.3, -0.25) is 10.1 Å². The summed E-state index contributed by atoms with van der Waals surface area (Å²) in [5, 5.41) is 6.62. The van der Waals surface area contributed by atoms with Crippen molar-refractivity contribution < 1.29 is 9.53 Å². The zero-order valence-electron chi connectivity index (χ0n) is 12.4. The van der Waals surface area contributed by atoms with Crippen LogP contribution in [0.2, 0.25) is 10.0 Å². The summed E-state index contributed by atoms with van der Waals surface area (Å²) in [6, 6.07) is 10.2. The van der Waals surface area contributed by atoms with Crippen LogP contribution in [0.1, 0.15) is 15.9 Å². The maximum Gasteiger partial charge on any atom is 0.257 e. The van der Waals surface area contributed by atoms with Gasteiger partial charge in [-0.2, -0.15) is 0 Å². The third-order valence-electron chi connectivity index (χ3n) is 3.07. The smallest absolute Gasteiger partial charge is 0.257 e. The highest BCUT2D eigenvalue weighted by molar-refractivity contribution is 7.80. The molecule has 120 valence electrons. The summed E-state index contributed by atoms with van der Waals surface area (Å²) in [7, 11) is 1.51. The summed E-state index contributed by atoms with van der Waals surface area (Å²) < 4.78 is 5.05. The van der Waals surface area contributed by atoms with Crippen LogP contribution in [0, 0.1) is 6.92 Å². The van der Waals surface area contributed by atoms with Gasteiger partial charge in [0.15, 0.2) is 5.11 Å². The summed E-state index contributed by atoms with van der Waals surface area (Å²) in [5.74, 6) is 0.128. The molecule has 1 amide bonds. The molecule has 0 bridgehead atoms. The lowest BCUT2D eigenvalue weighted by atomic mass is 10.2. The van der Waals surface area contributed by atoms with E-state index in [1.807, 2.05) is 19.1 Å². The first-order valence-corrected chi connectivity index (χ1v) is 7.79. The molecule has 0 saturated heterocycles. The van der Waals surface area contributed by atoms with Crippen LogP contribution < -0.4 is 15.4 Å². The number of rotatable bonds is 3. The Bertz CT molecular complexity index is 766. The summed E-state index contributed by atoms with van der Waals surface area (Å²) in [5.41, 5.74) is 2.03. The van der Waals surface area contributed by atoms with Gasteiger partial charge in [0.05, 0.1) is 12.1 Å². The Kier molecular flexibility index (Phi) is 5.82. The maximum absolute atomic E-state index is 12.2. The second kappa shape index (κ2) is 7.64. The number of anilines is 1. The molecule has 0 aliphatic heterocycles. The van der Waals surface area contributed by atoms with Gasteiger partial charge in [-0.15, -0.1) is 0 Å². The van der Waals surface area contributed by atoms with Crippen molar-refractivity contribution in [1.82, 2.24) is 5.32 Å². The van der Waals surface area contributed by atoms with Crippen molar-refractivity contribution in [3.8, 4) is 5.75 Å². The lowest BCUT2D eigenvalue weighted by Gasteiger charge is -2.11. The van der Waals surface area contributed by atoms with Gasteiger partial charge in [-0.1, -0.05) is 29.3 Å². The molecule has 0 radical (unpaired) electrons. The molecule has 0 fully saturated rings. The first kappa shape index (κ1) is 17.5. The van der Waals surface area contributed by atoms with Crippen LogP contribution in [-0.4, -0.2) is 18.1 Å². The molecule has 4 nitrogen and oxygen atoms in total. The lowest BCUT2D eigenvalue weighted by molar-refractivity contribution is 0.0977. The average Bonchev–Trinajstić information content (AvgIpc) is 2.50. The van der Waals surface area contributed by atoms with E-state index in [4.69, 9.17) is 40.2 Å². The highest BCUT2D eigenvalue weighted by atomic mass is 35.5. The Hall–Kier alpha value is -1.82. The summed E-state index contributed by atoms with van der Waals surface area (Å²) in [6.07, 6.45) is 0. The number of hydrogen-bond acceptors (Lipinski definition) is 3. The Morgan fingerprint density at radius 1 is 1.13 bits per heavy atom.